The van der Waals surface area contributed by atoms with Crippen molar-refractivity contribution in [1.82, 2.24) is 10.6 Å². The molecule has 1 heterocycles. The van der Waals surface area contributed by atoms with Crippen molar-refractivity contribution in [3.8, 4) is 0 Å². The molecule has 3 N–H and O–H groups in total. The Bertz CT molecular complexity index is 519. The number of rotatable bonds is 6. The molecule has 4 nitrogen and oxygen atoms in total. The van der Waals surface area contributed by atoms with E-state index in [2.05, 4.69) is 10.6 Å². The predicted molar refractivity (Wildman–Crippen MR) is 91.0 cm³/mol. The molecule has 1 saturated heterocycles. The van der Waals surface area contributed by atoms with Crippen molar-refractivity contribution < 1.29 is 18.7 Å². The van der Waals surface area contributed by atoms with Gasteiger partial charge in [0.2, 0.25) is 5.91 Å². The number of hydrogen-bond donors (Lipinski definition) is 3. The summed E-state index contributed by atoms with van der Waals surface area (Å²) in [6.45, 7) is 3.77. The minimum absolute atomic E-state index is 0. The molecule has 0 spiro atoms. The molecule has 1 aliphatic heterocycles. The van der Waals surface area contributed by atoms with E-state index in [0.717, 1.165) is 38.1 Å². The van der Waals surface area contributed by atoms with Gasteiger partial charge in [0.15, 0.2) is 0 Å². The van der Waals surface area contributed by atoms with Crippen molar-refractivity contribution in [1.29, 1.82) is 0 Å². The van der Waals surface area contributed by atoms with E-state index >= 15 is 0 Å². The van der Waals surface area contributed by atoms with Gasteiger partial charge in [0.05, 0.1) is 5.56 Å². The summed E-state index contributed by atoms with van der Waals surface area (Å²) in [6, 6.07) is 3.41. The van der Waals surface area contributed by atoms with E-state index in [-0.39, 0.29) is 30.8 Å². The molecule has 24 heavy (non-hydrogen) atoms. The maximum atomic E-state index is 13.6. The van der Waals surface area contributed by atoms with Crippen LogP contribution in [0.4, 0.5) is 8.78 Å². The van der Waals surface area contributed by atoms with Crippen LogP contribution in [0.2, 0.25) is 0 Å². The summed E-state index contributed by atoms with van der Waals surface area (Å²) >= 11 is 0. The van der Waals surface area contributed by atoms with Gasteiger partial charge in [-0.05, 0) is 49.9 Å². The summed E-state index contributed by atoms with van der Waals surface area (Å²) in [5.41, 5.74) is -0.405. The molecule has 0 bridgehead atoms. The van der Waals surface area contributed by atoms with Gasteiger partial charge in [0, 0.05) is 13.0 Å². The summed E-state index contributed by atoms with van der Waals surface area (Å²) in [4.78, 5) is 12.0. The first-order valence-electron chi connectivity index (χ1n) is 8.08. The van der Waals surface area contributed by atoms with Crippen molar-refractivity contribution >= 4 is 18.3 Å². The van der Waals surface area contributed by atoms with Gasteiger partial charge in [-0.2, -0.15) is 0 Å². The van der Waals surface area contributed by atoms with Crippen molar-refractivity contribution in [2.45, 2.75) is 32.3 Å². The molecule has 3 atom stereocenters. The number of aliphatic hydroxyl groups is 1. The summed E-state index contributed by atoms with van der Waals surface area (Å²) < 4.78 is 27.1. The fraction of sp³-hybridized carbons (Fsp3) is 0.588. The number of halogens is 3. The second-order valence-corrected chi connectivity index (χ2v) is 6.24. The number of aliphatic hydroxyl groups excluding tert-OH is 1. The molecular formula is C17H25ClF2N2O2. The first-order chi connectivity index (χ1) is 11.0. The van der Waals surface area contributed by atoms with E-state index in [9.17, 15) is 18.7 Å². The number of amides is 1. The molecular weight excluding hydrogens is 338 g/mol. The van der Waals surface area contributed by atoms with Gasteiger partial charge in [0.1, 0.15) is 17.7 Å². The fourth-order valence-corrected chi connectivity index (χ4v) is 3.04. The SMILES string of the molecule is CC(CC(=O)NCC(O)c1c(F)cccc1F)C1CCCNC1.Cl. The van der Waals surface area contributed by atoms with Gasteiger partial charge in [-0.3, -0.25) is 4.79 Å². The highest BCUT2D eigenvalue weighted by molar-refractivity contribution is 5.85. The van der Waals surface area contributed by atoms with Gasteiger partial charge in [-0.1, -0.05) is 13.0 Å². The first kappa shape index (κ1) is 20.8. The van der Waals surface area contributed by atoms with Crippen molar-refractivity contribution in [2.75, 3.05) is 19.6 Å². The molecule has 1 fully saturated rings. The monoisotopic (exact) mass is 362 g/mol. The normalized spacial score (nSPS) is 19.9. The quantitative estimate of drug-likeness (QED) is 0.729. The highest BCUT2D eigenvalue weighted by Gasteiger charge is 2.23. The third-order valence-corrected chi connectivity index (χ3v) is 4.47. The maximum absolute atomic E-state index is 13.6. The minimum Gasteiger partial charge on any atom is -0.386 e. The summed E-state index contributed by atoms with van der Waals surface area (Å²) in [5, 5.41) is 15.8. The minimum atomic E-state index is -1.40. The van der Waals surface area contributed by atoms with E-state index in [4.69, 9.17) is 0 Å². The molecule has 0 aromatic heterocycles. The Hall–Kier alpha value is -1.24. The molecule has 0 saturated carbocycles. The summed E-state index contributed by atoms with van der Waals surface area (Å²) in [7, 11) is 0. The summed E-state index contributed by atoms with van der Waals surface area (Å²) in [5.74, 6) is -1.14. The van der Waals surface area contributed by atoms with Gasteiger partial charge >= 0.3 is 0 Å². The number of carbonyl (C=O) groups is 1. The van der Waals surface area contributed by atoms with Crippen LogP contribution in [0.15, 0.2) is 18.2 Å². The molecule has 3 unspecified atom stereocenters. The van der Waals surface area contributed by atoms with Gasteiger partial charge in [0.25, 0.3) is 0 Å². The third kappa shape index (κ3) is 5.69. The van der Waals surface area contributed by atoms with Crippen LogP contribution in [-0.4, -0.2) is 30.6 Å². The zero-order chi connectivity index (χ0) is 16.8. The lowest BCUT2D eigenvalue weighted by Gasteiger charge is -2.28. The van der Waals surface area contributed by atoms with E-state index in [1.807, 2.05) is 6.92 Å². The van der Waals surface area contributed by atoms with E-state index in [1.165, 1.54) is 6.07 Å². The molecule has 2 rings (SSSR count). The van der Waals surface area contributed by atoms with Crippen LogP contribution in [0.5, 0.6) is 0 Å². The van der Waals surface area contributed by atoms with Crippen molar-refractivity contribution in [2.24, 2.45) is 11.8 Å². The van der Waals surface area contributed by atoms with Crippen molar-refractivity contribution in [3.63, 3.8) is 0 Å². The van der Waals surface area contributed by atoms with Crippen LogP contribution in [0.3, 0.4) is 0 Å². The maximum Gasteiger partial charge on any atom is 0.220 e. The molecule has 0 radical (unpaired) electrons. The van der Waals surface area contributed by atoms with E-state index < -0.39 is 23.3 Å². The molecule has 1 aliphatic rings. The molecule has 1 aromatic carbocycles. The number of piperidine rings is 1. The Morgan fingerprint density at radius 2 is 2.08 bits per heavy atom. The average molecular weight is 363 g/mol. The fourth-order valence-electron chi connectivity index (χ4n) is 3.04. The smallest absolute Gasteiger partial charge is 0.220 e. The standard InChI is InChI=1S/C17H24F2N2O2.ClH/c1-11(12-4-3-7-20-9-12)8-16(23)21-10-15(22)17-13(18)5-2-6-14(17)19;/h2,5-6,11-12,15,20,22H,3-4,7-10H2,1H3,(H,21,23);1H. The topological polar surface area (TPSA) is 61.4 Å². The molecule has 1 amide bonds. The zero-order valence-corrected chi connectivity index (χ0v) is 14.5. The van der Waals surface area contributed by atoms with Crippen LogP contribution >= 0.6 is 12.4 Å². The highest BCUT2D eigenvalue weighted by atomic mass is 35.5. The van der Waals surface area contributed by atoms with Crippen LogP contribution in [0, 0.1) is 23.5 Å². The Morgan fingerprint density at radius 1 is 1.42 bits per heavy atom. The second-order valence-electron chi connectivity index (χ2n) is 6.24. The van der Waals surface area contributed by atoms with Crippen LogP contribution in [0.1, 0.15) is 37.9 Å². The number of carbonyl (C=O) groups excluding carboxylic acids is 1. The Labute approximate surface area is 147 Å². The Balaban J connectivity index is 0.00000288. The lowest BCUT2D eigenvalue weighted by molar-refractivity contribution is -0.122. The molecule has 136 valence electrons. The predicted octanol–water partition coefficient (Wildman–Crippen LogP) is 2.56. The van der Waals surface area contributed by atoms with Crippen LogP contribution < -0.4 is 10.6 Å². The lowest BCUT2D eigenvalue weighted by atomic mass is 9.85. The molecule has 7 heteroatoms. The molecule has 0 aliphatic carbocycles. The molecule has 1 aromatic rings. The Morgan fingerprint density at radius 3 is 2.67 bits per heavy atom. The third-order valence-electron chi connectivity index (χ3n) is 4.47. The van der Waals surface area contributed by atoms with Gasteiger partial charge in [-0.15, -0.1) is 12.4 Å². The highest BCUT2D eigenvalue weighted by Crippen LogP contribution is 2.23. The number of hydrogen-bond acceptors (Lipinski definition) is 3. The van der Waals surface area contributed by atoms with Gasteiger partial charge < -0.3 is 15.7 Å². The van der Waals surface area contributed by atoms with E-state index in [0.29, 0.717) is 12.3 Å². The van der Waals surface area contributed by atoms with Gasteiger partial charge in [-0.25, -0.2) is 8.78 Å². The lowest BCUT2D eigenvalue weighted by Crippen LogP contribution is -2.36. The summed E-state index contributed by atoms with van der Waals surface area (Å²) in [6.07, 6.45) is 1.16. The largest absolute Gasteiger partial charge is 0.386 e. The van der Waals surface area contributed by atoms with Crippen LogP contribution in [0.25, 0.3) is 0 Å². The first-order valence-corrected chi connectivity index (χ1v) is 8.08. The number of nitrogens with one attached hydrogen (secondary N) is 2. The Kier molecular flexibility index (Phi) is 8.59. The zero-order valence-electron chi connectivity index (χ0n) is 13.7. The van der Waals surface area contributed by atoms with Crippen LogP contribution in [-0.2, 0) is 4.79 Å². The number of benzene rings is 1. The second kappa shape index (κ2) is 9.91. The average Bonchev–Trinajstić information content (AvgIpc) is 2.53. The van der Waals surface area contributed by atoms with E-state index in [1.54, 1.807) is 0 Å². The van der Waals surface area contributed by atoms with Crippen molar-refractivity contribution in [3.05, 3.63) is 35.4 Å².